The molecule has 0 heterocycles. The van der Waals surface area contributed by atoms with Crippen LogP contribution in [0.15, 0.2) is 11.5 Å². The minimum atomic E-state index is 0.327. The van der Waals surface area contributed by atoms with Crippen molar-refractivity contribution in [2.45, 2.75) is 33.6 Å². The van der Waals surface area contributed by atoms with E-state index in [2.05, 4.69) is 6.92 Å². The van der Waals surface area contributed by atoms with Crippen LogP contribution in [0, 0.1) is 0 Å². The van der Waals surface area contributed by atoms with E-state index in [0.717, 1.165) is 25.0 Å². The Kier molecular flexibility index (Phi) is 9.96. The van der Waals surface area contributed by atoms with Crippen molar-refractivity contribution < 1.29 is 14.6 Å². The number of rotatable bonds is 10. The van der Waals surface area contributed by atoms with E-state index in [4.69, 9.17) is 9.47 Å². The largest absolute Gasteiger partial charge is 0.495 e. The predicted molar refractivity (Wildman–Crippen MR) is 70.2 cm³/mol. The van der Waals surface area contributed by atoms with Gasteiger partial charge in [0.25, 0.3) is 0 Å². The molecule has 0 rings (SSSR count). The number of allylic oxidation sites excluding steroid dienone is 1. The van der Waals surface area contributed by atoms with Crippen molar-refractivity contribution >= 4 is 0 Å². The third-order valence-corrected chi connectivity index (χ3v) is 2.39. The van der Waals surface area contributed by atoms with E-state index >= 15 is 0 Å². The van der Waals surface area contributed by atoms with E-state index < -0.39 is 0 Å². The molecule has 0 radical (unpaired) electrons. The van der Waals surface area contributed by atoms with Crippen molar-refractivity contribution in [3.8, 4) is 0 Å². The second kappa shape index (κ2) is 10.4. The van der Waals surface area contributed by atoms with Crippen LogP contribution in [-0.4, -0.2) is 50.0 Å². The summed E-state index contributed by atoms with van der Waals surface area (Å²) in [5.41, 5.74) is 0.912. The molecule has 0 aromatic rings. The normalized spacial score (nSPS) is 10.4. The Labute approximate surface area is 105 Å². The fourth-order valence-electron chi connectivity index (χ4n) is 1.26. The van der Waals surface area contributed by atoms with Gasteiger partial charge in [-0.3, -0.25) is 0 Å². The van der Waals surface area contributed by atoms with Gasteiger partial charge in [0.1, 0.15) is 0 Å². The second-order valence-corrected chi connectivity index (χ2v) is 4.32. The number of ether oxygens (including phenoxy) is 2. The molecule has 0 bridgehead atoms. The molecule has 17 heavy (non-hydrogen) atoms. The van der Waals surface area contributed by atoms with Crippen molar-refractivity contribution in [3.05, 3.63) is 11.5 Å². The average Bonchev–Trinajstić information content (AvgIpc) is 2.31. The molecule has 0 unspecified atom stereocenters. The topological polar surface area (TPSA) is 41.9 Å². The molecule has 0 saturated carbocycles. The van der Waals surface area contributed by atoms with Crippen LogP contribution in [-0.2, 0) is 9.47 Å². The molecule has 0 aliphatic rings. The zero-order valence-electron chi connectivity index (χ0n) is 11.7. The van der Waals surface area contributed by atoms with E-state index in [0.29, 0.717) is 32.2 Å². The summed E-state index contributed by atoms with van der Waals surface area (Å²) in [6.45, 7) is 9.29. The van der Waals surface area contributed by atoms with Crippen LogP contribution in [0.25, 0.3) is 0 Å². The summed E-state index contributed by atoms with van der Waals surface area (Å²) >= 11 is 0. The maximum absolute atomic E-state index is 9.62. The maximum atomic E-state index is 9.62. The standard InChI is InChI=1S/C13H27NO3/c1-5-6-8-16-10-11-17-9-7-14(4)13(15)12(2)3/h15H,5-11H2,1-4H3. The summed E-state index contributed by atoms with van der Waals surface area (Å²) in [5.74, 6) is 0.327. The molecule has 0 spiro atoms. The van der Waals surface area contributed by atoms with Crippen molar-refractivity contribution in [2.75, 3.05) is 40.0 Å². The molecule has 4 heteroatoms. The molecular weight excluding hydrogens is 218 g/mol. The summed E-state index contributed by atoms with van der Waals surface area (Å²) in [7, 11) is 1.85. The summed E-state index contributed by atoms with van der Waals surface area (Å²) in [4.78, 5) is 1.78. The fraction of sp³-hybridized carbons (Fsp3) is 0.846. The molecule has 102 valence electrons. The Bertz CT molecular complexity index is 213. The van der Waals surface area contributed by atoms with Gasteiger partial charge >= 0.3 is 0 Å². The van der Waals surface area contributed by atoms with Gasteiger partial charge in [0.05, 0.1) is 19.8 Å². The number of aliphatic hydroxyl groups is 1. The summed E-state index contributed by atoms with van der Waals surface area (Å²) in [6.07, 6.45) is 2.27. The smallest absolute Gasteiger partial charge is 0.185 e. The zero-order chi connectivity index (χ0) is 13.1. The summed E-state index contributed by atoms with van der Waals surface area (Å²) < 4.78 is 10.8. The Morgan fingerprint density at radius 1 is 1.06 bits per heavy atom. The van der Waals surface area contributed by atoms with Crippen LogP contribution >= 0.6 is 0 Å². The summed E-state index contributed by atoms with van der Waals surface area (Å²) in [5, 5.41) is 9.62. The third kappa shape index (κ3) is 9.01. The van der Waals surface area contributed by atoms with Gasteiger partial charge in [-0.2, -0.15) is 0 Å². The van der Waals surface area contributed by atoms with E-state index in [-0.39, 0.29) is 0 Å². The first-order valence-corrected chi connectivity index (χ1v) is 6.32. The third-order valence-electron chi connectivity index (χ3n) is 2.39. The number of likely N-dealkylation sites (N-methyl/N-ethyl adjacent to an activating group) is 1. The van der Waals surface area contributed by atoms with E-state index in [1.165, 1.54) is 0 Å². The fourth-order valence-corrected chi connectivity index (χ4v) is 1.26. The Balaban J connectivity index is 3.37. The van der Waals surface area contributed by atoms with Crippen LogP contribution in [0.5, 0.6) is 0 Å². The molecule has 0 aromatic carbocycles. The molecule has 0 saturated heterocycles. The van der Waals surface area contributed by atoms with Crippen molar-refractivity contribution in [3.63, 3.8) is 0 Å². The average molecular weight is 245 g/mol. The van der Waals surface area contributed by atoms with Gasteiger partial charge in [0.15, 0.2) is 5.88 Å². The number of nitrogens with zero attached hydrogens (tertiary/aromatic N) is 1. The van der Waals surface area contributed by atoms with E-state index in [1.807, 2.05) is 20.9 Å². The lowest BCUT2D eigenvalue weighted by atomic mass is 10.3. The highest BCUT2D eigenvalue weighted by atomic mass is 16.5. The van der Waals surface area contributed by atoms with Gasteiger partial charge in [-0.05, 0) is 25.8 Å². The van der Waals surface area contributed by atoms with Crippen LogP contribution in [0.1, 0.15) is 33.6 Å². The van der Waals surface area contributed by atoms with Crippen LogP contribution in [0.2, 0.25) is 0 Å². The number of hydrogen-bond acceptors (Lipinski definition) is 4. The van der Waals surface area contributed by atoms with Gasteiger partial charge in [-0.1, -0.05) is 13.3 Å². The maximum Gasteiger partial charge on any atom is 0.185 e. The Morgan fingerprint density at radius 2 is 1.65 bits per heavy atom. The second-order valence-electron chi connectivity index (χ2n) is 4.32. The molecule has 0 atom stereocenters. The van der Waals surface area contributed by atoms with Crippen molar-refractivity contribution in [1.82, 2.24) is 4.90 Å². The SMILES string of the molecule is CCCCOCCOCCN(C)C(O)=C(C)C. The van der Waals surface area contributed by atoms with Crippen LogP contribution in [0.4, 0.5) is 0 Å². The van der Waals surface area contributed by atoms with Crippen molar-refractivity contribution in [2.24, 2.45) is 0 Å². The highest BCUT2D eigenvalue weighted by molar-refractivity contribution is 4.99. The number of aliphatic hydroxyl groups excluding tert-OH is 1. The molecule has 0 amide bonds. The minimum Gasteiger partial charge on any atom is -0.495 e. The zero-order valence-corrected chi connectivity index (χ0v) is 11.7. The quantitative estimate of drug-likeness (QED) is 0.474. The van der Waals surface area contributed by atoms with Gasteiger partial charge in [-0.25, -0.2) is 0 Å². The lowest BCUT2D eigenvalue weighted by molar-refractivity contribution is 0.0387. The lowest BCUT2D eigenvalue weighted by Crippen LogP contribution is -2.24. The molecule has 0 aliphatic carbocycles. The minimum absolute atomic E-state index is 0.327. The lowest BCUT2D eigenvalue weighted by Gasteiger charge is -2.19. The molecule has 0 aliphatic heterocycles. The molecule has 0 fully saturated rings. The van der Waals surface area contributed by atoms with Gasteiger partial charge < -0.3 is 19.5 Å². The monoisotopic (exact) mass is 245 g/mol. The highest BCUT2D eigenvalue weighted by Gasteiger charge is 2.03. The first kappa shape index (κ1) is 16.3. The van der Waals surface area contributed by atoms with Gasteiger partial charge in [-0.15, -0.1) is 0 Å². The number of unbranched alkanes of at least 4 members (excludes halogenated alkanes) is 1. The van der Waals surface area contributed by atoms with Crippen LogP contribution < -0.4 is 0 Å². The first-order valence-electron chi connectivity index (χ1n) is 6.32. The van der Waals surface area contributed by atoms with E-state index in [9.17, 15) is 5.11 Å². The van der Waals surface area contributed by atoms with Gasteiger partial charge in [0.2, 0.25) is 0 Å². The Morgan fingerprint density at radius 3 is 2.18 bits per heavy atom. The predicted octanol–water partition coefficient (Wildman–Crippen LogP) is 2.56. The highest BCUT2D eigenvalue weighted by Crippen LogP contribution is 2.03. The summed E-state index contributed by atoms with van der Waals surface area (Å²) in [6, 6.07) is 0. The number of hydrogen-bond donors (Lipinski definition) is 1. The molecule has 1 N–H and O–H groups in total. The van der Waals surface area contributed by atoms with Crippen LogP contribution in [0.3, 0.4) is 0 Å². The van der Waals surface area contributed by atoms with E-state index in [1.54, 1.807) is 4.90 Å². The molecule has 4 nitrogen and oxygen atoms in total. The first-order chi connectivity index (χ1) is 8.09. The molecular formula is C13H27NO3. The Hall–Kier alpha value is -0.740. The van der Waals surface area contributed by atoms with Crippen molar-refractivity contribution in [1.29, 1.82) is 0 Å². The van der Waals surface area contributed by atoms with Gasteiger partial charge in [0, 0.05) is 20.2 Å². The molecule has 0 aromatic heterocycles.